The second-order valence-corrected chi connectivity index (χ2v) is 6.45. The lowest BCUT2D eigenvalue weighted by molar-refractivity contribution is -0.104. The van der Waals surface area contributed by atoms with Gasteiger partial charge in [-0.05, 0) is 67.8 Å². The zero-order valence-electron chi connectivity index (χ0n) is 14.8. The number of halogens is 1. The lowest BCUT2D eigenvalue weighted by atomic mass is 9.76. The molecular weight excluding hydrogens is 317 g/mol. The third kappa shape index (κ3) is 2.93. The number of nitrogens with zero attached hydrogens (tertiary/aromatic N) is 1. The van der Waals surface area contributed by atoms with Crippen LogP contribution in [-0.4, -0.2) is 19.9 Å². The molecule has 4 heteroatoms. The normalized spacial score (nSPS) is 20.6. The number of benzene rings is 2. The smallest absolute Gasteiger partial charge is 0.144 e. The first kappa shape index (κ1) is 17.2. The predicted octanol–water partition coefficient (Wildman–Crippen LogP) is 4.26. The van der Waals surface area contributed by atoms with Gasteiger partial charge in [-0.1, -0.05) is 12.1 Å². The maximum Gasteiger partial charge on any atom is 0.144 e. The highest BCUT2D eigenvalue weighted by Crippen LogP contribution is 2.50. The number of ether oxygens (including phenoxy) is 1. The van der Waals surface area contributed by atoms with Crippen molar-refractivity contribution in [3.05, 3.63) is 71.2 Å². The quantitative estimate of drug-likeness (QED) is 0.602. The topological polar surface area (TPSA) is 29.5 Å². The third-order valence-electron chi connectivity index (χ3n) is 4.93. The molecule has 0 spiro atoms. The van der Waals surface area contributed by atoms with Gasteiger partial charge in [0.1, 0.15) is 17.9 Å². The van der Waals surface area contributed by atoms with E-state index in [1.165, 1.54) is 6.07 Å². The molecule has 25 heavy (non-hydrogen) atoms. The lowest BCUT2D eigenvalue weighted by Gasteiger charge is -2.29. The number of rotatable bonds is 5. The molecule has 1 atom stereocenters. The van der Waals surface area contributed by atoms with Crippen LogP contribution in [0.5, 0.6) is 5.75 Å². The summed E-state index contributed by atoms with van der Waals surface area (Å²) in [6, 6.07) is 12.6. The Morgan fingerprint density at radius 1 is 1.24 bits per heavy atom. The van der Waals surface area contributed by atoms with E-state index in [0.717, 1.165) is 41.1 Å². The van der Waals surface area contributed by atoms with Crippen LogP contribution in [0.4, 0.5) is 10.1 Å². The number of aldehydes is 1. The average Bonchev–Trinajstić information content (AvgIpc) is 2.83. The number of likely N-dealkylation sites (N-methyl/N-ethyl adjacent to an activating group) is 1. The molecule has 2 aromatic rings. The second-order valence-electron chi connectivity index (χ2n) is 6.45. The third-order valence-corrected chi connectivity index (χ3v) is 4.93. The molecule has 0 aromatic heterocycles. The summed E-state index contributed by atoms with van der Waals surface area (Å²) in [4.78, 5) is 13.4. The van der Waals surface area contributed by atoms with E-state index in [1.54, 1.807) is 25.3 Å². The Kier molecular flexibility index (Phi) is 4.62. The van der Waals surface area contributed by atoms with Crippen LogP contribution in [0.2, 0.25) is 0 Å². The van der Waals surface area contributed by atoms with Gasteiger partial charge in [0, 0.05) is 23.3 Å². The van der Waals surface area contributed by atoms with Crippen molar-refractivity contribution >= 4 is 12.0 Å². The van der Waals surface area contributed by atoms with Gasteiger partial charge in [-0.25, -0.2) is 4.39 Å². The Hall–Kier alpha value is -2.62. The number of hydrogen-bond acceptors (Lipinski definition) is 3. The zero-order valence-corrected chi connectivity index (χ0v) is 14.8. The number of allylic oxidation sites excluding steroid dienone is 2. The number of hydrogen-bond donors (Lipinski definition) is 0. The molecule has 1 heterocycles. The number of methoxy groups -OCH3 is 1. The van der Waals surface area contributed by atoms with Gasteiger partial charge < -0.3 is 9.64 Å². The monoisotopic (exact) mass is 339 g/mol. The van der Waals surface area contributed by atoms with Crippen molar-refractivity contribution in [2.45, 2.75) is 25.7 Å². The molecule has 1 unspecified atom stereocenters. The molecule has 0 bridgehead atoms. The average molecular weight is 339 g/mol. The van der Waals surface area contributed by atoms with Crippen LogP contribution in [-0.2, 0) is 16.6 Å². The SMILES string of the molecule is CCN1C(=CC=O)C(C)(Cc2cccc(F)c2)c2cc(OC)ccc21. The number of carbonyl (C=O) groups is 1. The molecule has 3 nitrogen and oxygen atoms in total. The van der Waals surface area contributed by atoms with Gasteiger partial charge in [-0.3, -0.25) is 4.79 Å². The molecule has 3 rings (SSSR count). The highest BCUT2D eigenvalue weighted by molar-refractivity contribution is 5.78. The van der Waals surface area contributed by atoms with Gasteiger partial charge in [0.25, 0.3) is 0 Å². The van der Waals surface area contributed by atoms with E-state index in [0.29, 0.717) is 6.42 Å². The van der Waals surface area contributed by atoms with Gasteiger partial charge in [0.2, 0.25) is 0 Å². The minimum atomic E-state index is -0.436. The maximum absolute atomic E-state index is 13.7. The minimum absolute atomic E-state index is 0.252. The molecule has 0 amide bonds. The molecule has 0 aliphatic carbocycles. The van der Waals surface area contributed by atoms with Crippen molar-refractivity contribution in [2.24, 2.45) is 0 Å². The molecular formula is C21H22FNO2. The highest BCUT2D eigenvalue weighted by Gasteiger charge is 2.43. The largest absolute Gasteiger partial charge is 0.497 e. The molecule has 130 valence electrons. The Balaban J connectivity index is 2.17. The molecule has 0 saturated heterocycles. The molecule has 0 saturated carbocycles. The van der Waals surface area contributed by atoms with E-state index in [1.807, 2.05) is 24.3 Å². The molecule has 1 aliphatic rings. The van der Waals surface area contributed by atoms with Crippen molar-refractivity contribution in [1.29, 1.82) is 0 Å². The Morgan fingerprint density at radius 2 is 2.04 bits per heavy atom. The minimum Gasteiger partial charge on any atom is -0.497 e. The predicted molar refractivity (Wildman–Crippen MR) is 97.6 cm³/mol. The fraction of sp³-hybridized carbons (Fsp3) is 0.286. The molecule has 0 N–H and O–H groups in total. The Labute approximate surface area is 147 Å². The first-order chi connectivity index (χ1) is 12.0. The van der Waals surface area contributed by atoms with Crippen LogP contribution >= 0.6 is 0 Å². The van der Waals surface area contributed by atoms with Crippen molar-refractivity contribution in [1.82, 2.24) is 0 Å². The Bertz CT molecular complexity index is 830. The van der Waals surface area contributed by atoms with Gasteiger partial charge in [-0.15, -0.1) is 0 Å². The van der Waals surface area contributed by atoms with Crippen molar-refractivity contribution in [2.75, 3.05) is 18.6 Å². The van der Waals surface area contributed by atoms with Gasteiger partial charge in [-0.2, -0.15) is 0 Å². The Morgan fingerprint density at radius 3 is 2.68 bits per heavy atom. The van der Waals surface area contributed by atoms with E-state index >= 15 is 0 Å². The molecule has 1 aliphatic heterocycles. The summed E-state index contributed by atoms with van der Waals surface area (Å²) in [5, 5.41) is 0. The van der Waals surface area contributed by atoms with E-state index in [-0.39, 0.29) is 5.82 Å². The summed E-state index contributed by atoms with van der Waals surface area (Å²) in [6.07, 6.45) is 3.04. The standard InChI is InChI=1S/C21H22FNO2/c1-4-23-19-9-8-17(25-3)13-18(19)21(2,20(23)10-11-24)14-15-6-5-7-16(22)12-15/h5-13H,4,14H2,1-3H3. The van der Waals surface area contributed by atoms with E-state index in [9.17, 15) is 9.18 Å². The summed E-state index contributed by atoms with van der Waals surface area (Å²) in [5.41, 5.74) is 3.54. The van der Waals surface area contributed by atoms with Crippen LogP contribution in [0.1, 0.15) is 25.0 Å². The van der Waals surface area contributed by atoms with Crippen molar-refractivity contribution < 1.29 is 13.9 Å². The molecule has 0 fully saturated rings. The van der Waals surface area contributed by atoms with E-state index < -0.39 is 5.41 Å². The summed E-state index contributed by atoms with van der Waals surface area (Å²) in [6.45, 7) is 4.90. The maximum atomic E-state index is 13.7. The van der Waals surface area contributed by atoms with Crippen molar-refractivity contribution in [3.8, 4) is 5.75 Å². The van der Waals surface area contributed by atoms with E-state index in [4.69, 9.17) is 4.74 Å². The second kappa shape index (κ2) is 6.71. The fourth-order valence-electron chi connectivity index (χ4n) is 3.81. The van der Waals surface area contributed by atoms with Crippen LogP contribution in [0.3, 0.4) is 0 Å². The zero-order chi connectivity index (χ0) is 18.0. The number of carbonyl (C=O) groups excluding carboxylic acids is 1. The summed E-state index contributed by atoms with van der Waals surface area (Å²) in [7, 11) is 1.64. The highest BCUT2D eigenvalue weighted by atomic mass is 19.1. The summed E-state index contributed by atoms with van der Waals surface area (Å²) >= 11 is 0. The first-order valence-electron chi connectivity index (χ1n) is 8.40. The van der Waals surface area contributed by atoms with Crippen LogP contribution in [0.25, 0.3) is 0 Å². The van der Waals surface area contributed by atoms with Crippen LogP contribution in [0.15, 0.2) is 54.2 Å². The fourth-order valence-corrected chi connectivity index (χ4v) is 3.81. The number of anilines is 1. The summed E-state index contributed by atoms with van der Waals surface area (Å²) in [5.74, 6) is 0.519. The van der Waals surface area contributed by atoms with Crippen molar-refractivity contribution in [3.63, 3.8) is 0 Å². The van der Waals surface area contributed by atoms with Gasteiger partial charge in [0.15, 0.2) is 0 Å². The first-order valence-corrected chi connectivity index (χ1v) is 8.40. The lowest BCUT2D eigenvalue weighted by Crippen LogP contribution is -2.30. The summed E-state index contributed by atoms with van der Waals surface area (Å²) < 4.78 is 19.1. The van der Waals surface area contributed by atoms with Gasteiger partial charge >= 0.3 is 0 Å². The molecule has 2 aromatic carbocycles. The van der Waals surface area contributed by atoms with Crippen LogP contribution < -0.4 is 9.64 Å². The van der Waals surface area contributed by atoms with Gasteiger partial charge in [0.05, 0.1) is 7.11 Å². The van der Waals surface area contributed by atoms with Crippen LogP contribution in [0, 0.1) is 5.82 Å². The molecule has 0 radical (unpaired) electrons. The van der Waals surface area contributed by atoms with E-state index in [2.05, 4.69) is 18.7 Å². The number of fused-ring (bicyclic) bond motifs is 1.